The molecular weight excluding hydrogens is 180 g/mol. The van der Waals surface area contributed by atoms with Gasteiger partial charge in [-0.05, 0) is 19.8 Å². The third kappa shape index (κ3) is 3.64. The number of rotatable bonds is 6. The predicted octanol–water partition coefficient (Wildman–Crippen LogP) is 0.343. The summed E-state index contributed by atoms with van der Waals surface area (Å²) in [6.07, 6.45) is 1.80. The molecule has 0 bridgehead atoms. The average molecular weight is 202 g/mol. The average Bonchev–Trinajstić information content (AvgIpc) is 2.17. The summed E-state index contributed by atoms with van der Waals surface area (Å²) in [5.41, 5.74) is 5.54. The molecule has 0 aliphatic heterocycles. The van der Waals surface area contributed by atoms with Crippen LogP contribution in [0.4, 0.5) is 0 Å². The largest absolute Gasteiger partial charge is 0.395 e. The molecule has 84 valence electrons. The summed E-state index contributed by atoms with van der Waals surface area (Å²) in [5.74, 6) is -0.0762. The number of aliphatic hydroxyl groups is 1. The Labute approximate surface area is 86.1 Å². The molecular formula is C10H22N2O2. The van der Waals surface area contributed by atoms with Crippen molar-refractivity contribution in [3.8, 4) is 0 Å². The van der Waals surface area contributed by atoms with Crippen molar-refractivity contribution in [1.29, 1.82) is 0 Å². The first kappa shape index (κ1) is 13.4. The molecule has 0 saturated carbocycles. The second kappa shape index (κ2) is 6.79. The zero-order valence-electron chi connectivity index (χ0n) is 9.36. The Morgan fingerprint density at radius 3 is 2.21 bits per heavy atom. The van der Waals surface area contributed by atoms with Crippen molar-refractivity contribution >= 4 is 5.91 Å². The number of carbonyl (C=O) groups excluding carboxylic acids is 1. The van der Waals surface area contributed by atoms with Crippen molar-refractivity contribution in [2.75, 3.05) is 13.2 Å². The molecule has 0 aliphatic carbocycles. The van der Waals surface area contributed by atoms with Gasteiger partial charge in [-0.1, -0.05) is 13.8 Å². The lowest BCUT2D eigenvalue weighted by atomic mass is 10.1. The smallest absolute Gasteiger partial charge is 0.239 e. The highest BCUT2D eigenvalue weighted by Gasteiger charge is 2.22. The van der Waals surface area contributed by atoms with Gasteiger partial charge in [0.25, 0.3) is 0 Å². The number of carbonyl (C=O) groups is 1. The molecule has 3 N–H and O–H groups in total. The highest BCUT2D eigenvalue weighted by atomic mass is 16.3. The Hall–Kier alpha value is -0.610. The van der Waals surface area contributed by atoms with Crippen LogP contribution in [0.2, 0.25) is 0 Å². The van der Waals surface area contributed by atoms with Crippen LogP contribution in [0.25, 0.3) is 0 Å². The van der Waals surface area contributed by atoms with Crippen LogP contribution in [-0.4, -0.2) is 41.1 Å². The van der Waals surface area contributed by atoms with Crippen LogP contribution in [-0.2, 0) is 4.79 Å². The van der Waals surface area contributed by atoms with Crippen LogP contribution in [0.5, 0.6) is 0 Å². The number of hydrogen-bond donors (Lipinski definition) is 2. The molecule has 0 saturated heterocycles. The zero-order chi connectivity index (χ0) is 11.1. The van der Waals surface area contributed by atoms with Gasteiger partial charge in [0.1, 0.15) is 0 Å². The first-order chi connectivity index (χ1) is 6.58. The number of amides is 1. The minimum absolute atomic E-state index is 0.00500. The van der Waals surface area contributed by atoms with Gasteiger partial charge >= 0.3 is 0 Å². The van der Waals surface area contributed by atoms with Crippen molar-refractivity contribution in [3.63, 3.8) is 0 Å². The number of nitrogens with two attached hydrogens (primary N) is 1. The highest BCUT2D eigenvalue weighted by molar-refractivity contribution is 5.81. The molecule has 0 radical (unpaired) electrons. The minimum Gasteiger partial charge on any atom is -0.395 e. The maximum absolute atomic E-state index is 11.7. The third-order valence-electron chi connectivity index (χ3n) is 2.40. The molecule has 0 fully saturated rings. The second-order valence-electron chi connectivity index (χ2n) is 3.51. The van der Waals surface area contributed by atoms with E-state index in [1.165, 1.54) is 0 Å². The van der Waals surface area contributed by atoms with Crippen molar-refractivity contribution < 1.29 is 9.90 Å². The molecule has 0 heterocycles. The van der Waals surface area contributed by atoms with Crippen molar-refractivity contribution in [2.45, 2.75) is 45.7 Å². The lowest BCUT2D eigenvalue weighted by Gasteiger charge is -2.31. The molecule has 4 heteroatoms. The van der Waals surface area contributed by atoms with Crippen molar-refractivity contribution in [1.82, 2.24) is 4.90 Å². The van der Waals surface area contributed by atoms with Gasteiger partial charge in [-0.25, -0.2) is 0 Å². The molecule has 14 heavy (non-hydrogen) atoms. The summed E-state index contributed by atoms with van der Waals surface area (Å²) in [4.78, 5) is 13.4. The standard InChI is InChI=1S/C10H22N2O2/c1-4-9(5-2)12(6-7-13)10(14)8(3)11/h8-9,13H,4-7,11H2,1-3H3/t8-/m0/s1. The summed E-state index contributed by atoms with van der Waals surface area (Å²) < 4.78 is 0. The summed E-state index contributed by atoms with van der Waals surface area (Å²) in [6.45, 7) is 6.12. The lowest BCUT2D eigenvalue weighted by molar-refractivity contribution is -0.135. The third-order valence-corrected chi connectivity index (χ3v) is 2.40. The van der Waals surface area contributed by atoms with Gasteiger partial charge in [-0.2, -0.15) is 0 Å². The number of nitrogens with zero attached hydrogens (tertiary/aromatic N) is 1. The zero-order valence-corrected chi connectivity index (χ0v) is 9.36. The van der Waals surface area contributed by atoms with E-state index >= 15 is 0 Å². The summed E-state index contributed by atoms with van der Waals surface area (Å²) in [7, 11) is 0. The second-order valence-corrected chi connectivity index (χ2v) is 3.51. The molecule has 4 nitrogen and oxygen atoms in total. The van der Waals surface area contributed by atoms with E-state index in [1.54, 1.807) is 11.8 Å². The Morgan fingerprint density at radius 1 is 1.43 bits per heavy atom. The van der Waals surface area contributed by atoms with E-state index in [1.807, 2.05) is 13.8 Å². The van der Waals surface area contributed by atoms with E-state index in [0.29, 0.717) is 6.54 Å². The fourth-order valence-electron chi connectivity index (χ4n) is 1.57. The van der Waals surface area contributed by atoms with E-state index in [9.17, 15) is 4.79 Å². The molecule has 0 aliphatic rings. The molecule has 0 aromatic heterocycles. The van der Waals surface area contributed by atoms with Crippen LogP contribution in [0.15, 0.2) is 0 Å². The van der Waals surface area contributed by atoms with Gasteiger partial charge in [0.15, 0.2) is 0 Å². The normalized spacial score (nSPS) is 13.0. The summed E-state index contributed by atoms with van der Waals surface area (Å²) in [5, 5.41) is 8.87. The summed E-state index contributed by atoms with van der Waals surface area (Å²) in [6, 6.07) is -0.289. The Kier molecular flexibility index (Phi) is 6.49. The fraction of sp³-hybridized carbons (Fsp3) is 0.900. The highest BCUT2D eigenvalue weighted by Crippen LogP contribution is 2.09. The quantitative estimate of drug-likeness (QED) is 0.653. The fourth-order valence-corrected chi connectivity index (χ4v) is 1.57. The van der Waals surface area contributed by atoms with Crippen LogP contribution in [0.1, 0.15) is 33.6 Å². The van der Waals surface area contributed by atoms with Crippen LogP contribution in [0.3, 0.4) is 0 Å². The summed E-state index contributed by atoms with van der Waals surface area (Å²) >= 11 is 0. The molecule has 1 atom stereocenters. The van der Waals surface area contributed by atoms with Gasteiger partial charge in [0.2, 0.25) is 5.91 Å². The Morgan fingerprint density at radius 2 is 1.93 bits per heavy atom. The van der Waals surface area contributed by atoms with Crippen LogP contribution in [0, 0.1) is 0 Å². The molecule has 0 spiro atoms. The predicted molar refractivity (Wildman–Crippen MR) is 56.8 cm³/mol. The van der Waals surface area contributed by atoms with Gasteiger partial charge in [-0.3, -0.25) is 4.79 Å². The maximum Gasteiger partial charge on any atom is 0.239 e. The molecule has 1 amide bonds. The van der Waals surface area contributed by atoms with Crippen molar-refractivity contribution in [2.24, 2.45) is 5.73 Å². The molecule has 0 aromatic carbocycles. The van der Waals surface area contributed by atoms with E-state index in [0.717, 1.165) is 12.8 Å². The first-order valence-electron chi connectivity index (χ1n) is 5.25. The lowest BCUT2D eigenvalue weighted by Crippen LogP contribution is -2.48. The Bertz CT molecular complexity index is 168. The molecule has 0 rings (SSSR count). The Balaban J connectivity index is 4.47. The minimum atomic E-state index is -0.484. The van der Waals surface area contributed by atoms with Gasteiger partial charge in [-0.15, -0.1) is 0 Å². The maximum atomic E-state index is 11.7. The molecule has 0 unspecified atom stereocenters. The van der Waals surface area contributed by atoms with Gasteiger partial charge < -0.3 is 15.7 Å². The van der Waals surface area contributed by atoms with E-state index in [4.69, 9.17) is 10.8 Å². The molecule has 0 aromatic rings. The number of aliphatic hydroxyl groups excluding tert-OH is 1. The van der Waals surface area contributed by atoms with E-state index < -0.39 is 6.04 Å². The van der Waals surface area contributed by atoms with Crippen LogP contribution >= 0.6 is 0 Å². The number of hydrogen-bond acceptors (Lipinski definition) is 3. The monoisotopic (exact) mass is 202 g/mol. The van der Waals surface area contributed by atoms with Gasteiger partial charge in [0, 0.05) is 12.6 Å². The van der Waals surface area contributed by atoms with Crippen molar-refractivity contribution in [3.05, 3.63) is 0 Å². The SMILES string of the molecule is CCC(CC)N(CCO)C(=O)[C@H](C)N. The van der Waals surface area contributed by atoms with E-state index in [2.05, 4.69) is 0 Å². The van der Waals surface area contributed by atoms with Crippen LogP contribution < -0.4 is 5.73 Å². The topological polar surface area (TPSA) is 66.6 Å². The van der Waals surface area contributed by atoms with E-state index in [-0.39, 0.29) is 18.6 Å². The first-order valence-corrected chi connectivity index (χ1v) is 5.25. The van der Waals surface area contributed by atoms with Gasteiger partial charge in [0.05, 0.1) is 12.6 Å².